The number of carbonyl (C=O) groups excluding carboxylic acids is 1. The first-order valence-electron chi connectivity index (χ1n) is 8.35. The molecule has 2 heterocycles. The first kappa shape index (κ1) is 16.4. The Hall–Kier alpha value is -2.50. The van der Waals surface area contributed by atoms with Gasteiger partial charge >= 0.3 is 6.03 Å². The van der Waals surface area contributed by atoms with E-state index in [0.29, 0.717) is 5.82 Å². The highest BCUT2D eigenvalue weighted by atomic mass is 16.5. The van der Waals surface area contributed by atoms with Gasteiger partial charge in [0.05, 0.1) is 13.2 Å². The molecule has 0 spiro atoms. The van der Waals surface area contributed by atoms with Gasteiger partial charge in [-0.25, -0.2) is 4.79 Å². The Bertz CT molecular complexity index is 715. The van der Waals surface area contributed by atoms with E-state index < -0.39 is 0 Å². The lowest BCUT2D eigenvalue weighted by Gasteiger charge is -2.16. The van der Waals surface area contributed by atoms with Crippen LogP contribution in [0.1, 0.15) is 42.6 Å². The molecule has 1 aromatic carbocycles. The second kappa shape index (κ2) is 6.95. The van der Waals surface area contributed by atoms with Crippen molar-refractivity contribution in [2.24, 2.45) is 0 Å². The summed E-state index contributed by atoms with van der Waals surface area (Å²) in [5.74, 6) is 1.46. The molecule has 0 radical (unpaired) electrons. The standard InChI is InChI=1S/C18H24N4O2/c1-12-10-14(7-8-16(12)24-3)13(2)19-18(23)20-17-11-15-6-4-5-9-22(15)21-17/h7-8,10-11,13H,4-6,9H2,1-3H3,(H2,19,20,21,23)/t13-/m0/s1. The predicted octanol–water partition coefficient (Wildman–Crippen LogP) is 3.42. The molecule has 0 saturated heterocycles. The maximum absolute atomic E-state index is 12.2. The first-order chi connectivity index (χ1) is 11.6. The van der Waals surface area contributed by atoms with Crippen LogP contribution in [0.25, 0.3) is 0 Å². The number of aryl methyl sites for hydroxylation is 3. The van der Waals surface area contributed by atoms with E-state index in [0.717, 1.165) is 36.3 Å². The molecule has 0 bridgehead atoms. The van der Waals surface area contributed by atoms with E-state index in [4.69, 9.17) is 4.74 Å². The monoisotopic (exact) mass is 328 g/mol. The van der Waals surface area contributed by atoms with Gasteiger partial charge in [0.2, 0.25) is 0 Å². The number of anilines is 1. The molecular weight excluding hydrogens is 304 g/mol. The van der Waals surface area contributed by atoms with Crippen molar-refractivity contribution < 1.29 is 9.53 Å². The number of benzene rings is 1. The van der Waals surface area contributed by atoms with Crippen molar-refractivity contribution in [1.29, 1.82) is 0 Å². The number of urea groups is 1. The summed E-state index contributed by atoms with van der Waals surface area (Å²) in [6.07, 6.45) is 3.36. The van der Waals surface area contributed by atoms with E-state index in [1.807, 2.05) is 42.8 Å². The van der Waals surface area contributed by atoms with Crippen molar-refractivity contribution in [3.63, 3.8) is 0 Å². The van der Waals surface area contributed by atoms with Crippen molar-refractivity contribution in [3.05, 3.63) is 41.1 Å². The normalized spacial score (nSPS) is 14.6. The number of hydrogen-bond donors (Lipinski definition) is 2. The second-order valence-corrected chi connectivity index (χ2v) is 6.25. The number of rotatable bonds is 4. The minimum atomic E-state index is -0.244. The largest absolute Gasteiger partial charge is 0.496 e. The molecule has 2 N–H and O–H groups in total. The van der Waals surface area contributed by atoms with Crippen LogP contribution >= 0.6 is 0 Å². The SMILES string of the molecule is COc1ccc([C@H](C)NC(=O)Nc2cc3n(n2)CCCC3)cc1C. The zero-order chi connectivity index (χ0) is 17.1. The van der Waals surface area contributed by atoms with Crippen molar-refractivity contribution in [2.75, 3.05) is 12.4 Å². The molecule has 1 atom stereocenters. The molecule has 1 aliphatic rings. The lowest BCUT2D eigenvalue weighted by Crippen LogP contribution is -2.31. The summed E-state index contributed by atoms with van der Waals surface area (Å²) in [6, 6.07) is 7.52. The summed E-state index contributed by atoms with van der Waals surface area (Å²) < 4.78 is 7.25. The number of methoxy groups -OCH3 is 1. The van der Waals surface area contributed by atoms with Gasteiger partial charge < -0.3 is 10.1 Å². The summed E-state index contributed by atoms with van der Waals surface area (Å²) in [5, 5.41) is 10.2. The van der Waals surface area contributed by atoms with E-state index in [1.54, 1.807) is 7.11 Å². The lowest BCUT2D eigenvalue weighted by molar-refractivity contribution is 0.249. The number of fused-ring (bicyclic) bond motifs is 1. The van der Waals surface area contributed by atoms with Gasteiger partial charge in [-0.3, -0.25) is 10.00 Å². The quantitative estimate of drug-likeness (QED) is 0.903. The van der Waals surface area contributed by atoms with Crippen LogP contribution in [0.2, 0.25) is 0 Å². The van der Waals surface area contributed by atoms with E-state index in [-0.39, 0.29) is 12.1 Å². The average molecular weight is 328 g/mol. The predicted molar refractivity (Wildman–Crippen MR) is 93.5 cm³/mol. The van der Waals surface area contributed by atoms with Crippen LogP contribution in [0.3, 0.4) is 0 Å². The van der Waals surface area contributed by atoms with Crippen LogP contribution in [-0.4, -0.2) is 22.9 Å². The van der Waals surface area contributed by atoms with Crippen LogP contribution < -0.4 is 15.4 Å². The van der Waals surface area contributed by atoms with Crippen molar-refractivity contribution in [2.45, 2.75) is 45.7 Å². The fraction of sp³-hybridized carbons (Fsp3) is 0.444. The number of ether oxygens (including phenoxy) is 1. The van der Waals surface area contributed by atoms with E-state index in [1.165, 1.54) is 12.1 Å². The number of nitrogens with one attached hydrogen (secondary N) is 2. The third-order valence-electron chi connectivity index (χ3n) is 4.42. The molecule has 2 amide bonds. The molecule has 2 aromatic rings. The highest BCUT2D eigenvalue weighted by molar-refractivity contribution is 5.88. The molecule has 0 saturated carbocycles. The van der Waals surface area contributed by atoms with E-state index >= 15 is 0 Å². The van der Waals surface area contributed by atoms with Gasteiger partial charge in [-0.1, -0.05) is 12.1 Å². The zero-order valence-electron chi connectivity index (χ0n) is 14.4. The van der Waals surface area contributed by atoms with Crippen molar-refractivity contribution in [1.82, 2.24) is 15.1 Å². The Labute approximate surface area is 142 Å². The van der Waals surface area contributed by atoms with E-state index in [9.17, 15) is 4.79 Å². The molecule has 0 fully saturated rings. The van der Waals surface area contributed by atoms with Crippen LogP contribution in [0, 0.1) is 6.92 Å². The Kier molecular flexibility index (Phi) is 4.74. The molecular formula is C18H24N4O2. The van der Waals surface area contributed by atoms with Gasteiger partial charge in [-0.05, 0) is 50.3 Å². The molecule has 6 nitrogen and oxygen atoms in total. The van der Waals surface area contributed by atoms with Gasteiger partial charge in [0, 0.05) is 18.3 Å². The maximum atomic E-state index is 12.2. The van der Waals surface area contributed by atoms with Gasteiger partial charge in [-0.2, -0.15) is 5.10 Å². The van der Waals surface area contributed by atoms with Gasteiger partial charge in [0.15, 0.2) is 5.82 Å². The molecule has 0 unspecified atom stereocenters. The van der Waals surface area contributed by atoms with Crippen molar-refractivity contribution in [3.8, 4) is 5.75 Å². The smallest absolute Gasteiger partial charge is 0.320 e. The average Bonchev–Trinajstić information content (AvgIpc) is 2.96. The molecule has 3 rings (SSSR count). The van der Waals surface area contributed by atoms with Gasteiger partial charge in [0.1, 0.15) is 5.75 Å². The van der Waals surface area contributed by atoms with Crippen molar-refractivity contribution >= 4 is 11.8 Å². The first-order valence-corrected chi connectivity index (χ1v) is 8.35. The maximum Gasteiger partial charge on any atom is 0.320 e. The number of carbonyl (C=O) groups is 1. The summed E-state index contributed by atoms with van der Waals surface area (Å²) in [6.45, 7) is 4.88. The summed E-state index contributed by atoms with van der Waals surface area (Å²) >= 11 is 0. The highest BCUT2D eigenvalue weighted by Crippen LogP contribution is 2.22. The third-order valence-corrected chi connectivity index (χ3v) is 4.42. The lowest BCUT2D eigenvalue weighted by atomic mass is 10.1. The number of aromatic nitrogens is 2. The highest BCUT2D eigenvalue weighted by Gasteiger charge is 2.15. The molecule has 1 aliphatic heterocycles. The summed E-state index contributed by atoms with van der Waals surface area (Å²) in [5.41, 5.74) is 3.27. The van der Waals surface area contributed by atoms with E-state index in [2.05, 4.69) is 15.7 Å². The molecule has 1 aromatic heterocycles. The third kappa shape index (κ3) is 3.53. The Morgan fingerprint density at radius 2 is 2.17 bits per heavy atom. The van der Waals surface area contributed by atoms with Gasteiger partial charge in [-0.15, -0.1) is 0 Å². The minimum absolute atomic E-state index is 0.105. The van der Waals surface area contributed by atoms with Crippen LogP contribution in [0.5, 0.6) is 5.75 Å². The molecule has 24 heavy (non-hydrogen) atoms. The summed E-state index contributed by atoms with van der Waals surface area (Å²) in [7, 11) is 1.65. The molecule has 6 heteroatoms. The number of nitrogens with zero attached hydrogens (tertiary/aromatic N) is 2. The van der Waals surface area contributed by atoms with Gasteiger partial charge in [0.25, 0.3) is 0 Å². The molecule has 128 valence electrons. The Balaban J connectivity index is 1.61. The zero-order valence-corrected chi connectivity index (χ0v) is 14.4. The topological polar surface area (TPSA) is 68.2 Å². The summed E-state index contributed by atoms with van der Waals surface area (Å²) in [4.78, 5) is 12.2. The fourth-order valence-corrected chi connectivity index (χ4v) is 3.08. The van der Waals surface area contributed by atoms with Crippen LogP contribution in [0.15, 0.2) is 24.3 Å². The van der Waals surface area contributed by atoms with Crippen LogP contribution in [0.4, 0.5) is 10.6 Å². The Morgan fingerprint density at radius 1 is 1.33 bits per heavy atom. The molecule has 0 aliphatic carbocycles. The van der Waals surface area contributed by atoms with Crippen LogP contribution in [-0.2, 0) is 13.0 Å². The number of hydrogen-bond acceptors (Lipinski definition) is 3. The Morgan fingerprint density at radius 3 is 2.88 bits per heavy atom. The minimum Gasteiger partial charge on any atom is -0.496 e. The number of amides is 2. The second-order valence-electron chi connectivity index (χ2n) is 6.25. The fourth-order valence-electron chi connectivity index (χ4n) is 3.08.